The molecule has 0 aliphatic heterocycles. The molecule has 0 atom stereocenters. The van der Waals surface area contributed by atoms with Crippen molar-refractivity contribution in [1.29, 1.82) is 0 Å². The van der Waals surface area contributed by atoms with Crippen LogP contribution in [0.1, 0.15) is 43.6 Å². The summed E-state index contributed by atoms with van der Waals surface area (Å²) in [5.74, 6) is 0.603. The molecule has 8 aromatic carbocycles. The van der Waals surface area contributed by atoms with Gasteiger partial charge in [0.15, 0.2) is 0 Å². The van der Waals surface area contributed by atoms with Crippen LogP contribution < -0.4 is 4.90 Å². The number of hydrogen-bond acceptors (Lipinski definition) is 2. The van der Waals surface area contributed by atoms with Gasteiger partial charge in [0, 0.05) is 33.3 Å². The van der Waals surface area contributed by atoms with E-state index in [4.69, 9.17) is 4.42 Å². The lowest BCUT2D eigenvalue weighted by molar-refractivity contribution is 0.445. The Kier molecular flexibility index (Phi) is 7.61. The second-order valence-corrected chi connectivity index (χ2v) is 14.3. The predicted molar refractivity (Wildman–Crippen MR) is 220 cm³/mol. The summed E-state index contributed by atoms with van der Waals surface area (Å²) in [5, 5.41) is 7.47. The van der Waals surface area contributed by atoms with Crippen LogP contribution in [0.2, 0.25) is 0 Å². The fraction of sp³-hybridized carbons (Fsp3) is 0.120. The van der Waals surface area contributed by atoms with Crippen molar-refractivity contribution in [3.05, 3.63) is 175 Å². The first kappa shape index (κ1) is 30.7. The van der Waals surface area contributed by atoms with Gasteiger partial charge in [-0.1, -0.05) is 153 Å². The predicted octanol–water partition coefficient (Wildman–Crippen LogP) is 14.7. The van der Waals surface area contributed by atoms with E-state index < -0.39 is 0 Å². The van der Waals surface area contributed by atoms with E-state index in [1.54, 1.807) is 0 Å². The zero-order chi connectivity index (χ0) is 34.4. The van der Waals surface area contributed by atoms with Gasteiger partial charge in [-0.15, -0.1) is 0 Å². The summed E-state index contributed by atoms with van der Waals surface area (Å²) >= 11 is 0. The Labute approximate surface area is 304 Å². The highest BCUT2D eigenvalue weighted by Crippen LogP contribution is 2.46. The second-order valence-electron chi connectivity index (χ2n) is 14.3. The van der Waals surface area contributed by atoms with Crippen LogP contribution in [0.15, 0.2) is 174 Å². The smallest absolute Gasteiger partial charge is 0.143 e. The lowest BCUT2D eigenvalue weighted by Gasteiger charge is -2.29. The number of anilines is 3. The summed E-state index contributed by atoms with van der Waals surface area (Å²) in [6.45, 7) is 0. The zero-order valence-electron chi connectivity index (χ0n) is 29.1. The van der Waals surface area contributed by atoms with Crippen LogP contribution in [-0.4, -0.2) is 0 Å². The molecule has 10 rings (SSSR count). The van der Waals surface area contributed by atoms with Crippen LogP contribution in [0.3, 0.4) is 0 Å². The first-order valence-electron chi connectivity index (χ1n) is 18.7. The fourth-order valence-electron chi connectivity index (χ4n) is 8.75. The Morgan fingerprint density at radius 2 is 1.12 bits per heavy atom. The molecule has 1 fully saturated rings. The average molecular weight is 670 g/mol. The van der Waals surface area contributed by atoms with E-state index in [0.29, 0.717) is 5.92 Å². The highest BCUT2D eigenvalue weighted by atomic mass is 16.3. The molecule has 2 heteroatoms. The molecular weight excluding hydrogens is 631 g/mol. The largest absolute Gasteiger partial charge is 0.455 e. The molecule has 1 aliphatic rings. The van der Waals surface area contributed by atoms with Crippen molar-refractivity contribution in [2.75, 3.05) is 4.90 Å². The van der Waals surface area contributed by atoms with Gasteiger partial charge in [-0.2, -0.15) is 0 Å². The van der Waals surface area contributed by atoms with E-state index >= 15 is 0 Å². The zero-order valence-corrected chi connectivity index (χ0v) is 29.1. The molecule has 0 N–H and O–H groups in total. The summed E-state index contributed by atoms with van der Waals surface area (Å²) in [4.78, 5) is 2.44. The number of fused-ring (bicyclic) bond motifs is 5. The van der Waals surface area contributed by atoms with Gasteiger partial charge < -0.3 is 9.32 Å². The third-order valence-electron chi connectivity index (χ3n) is 11.2. The summed E-state index contributed by atoms with van der Waals surface area (Å²) in [7, 11) is 0. The maximum absolute atomic E-state index is 6.44. The van der Waals surface area contributed by atoms with Crippen molar-refractivity contribution < 1.29 is 4.42 Å². The summed E-state index contributed by atoms with van der Waals surface area (Å²) in [6, 6.07) is 62.0. The van der Waals surface area contributed by atoms with Crippen LogP contribution in [0.5, 0.6) is 0 Å². The average Bonchev–Trinajstić information content (AvgIpc) is 3.60. The topological polar surface area (TPSA) is 16.4 Å². The Balaban J connectivity index is 1.15. The van der Waals surface area contributed by atoms with Crippen molar-refractivity contribution in [2.45, 2.75) is 38.0 Å². The Hall–Kier alpha value is -6.12. The Morgan fingerprint density at radius 1 is 0.462 bits per heavy atom. The van der Waals surface area contributed by atoms with Gasteiger partial charge in [0.05, 0.1) is 5.69 Å². The minimum Gasteiger partial charge on any atom is -0.455 e. The molecule has 1 saturated carbocycles. The third kappa shape index (κ3) is 5.26. The molecule has 1 heterocycles. The fourth-order valence-corrected chi connectivity index (χ4v) is 8.75. The van der Waals surface area contributed by atoms with Crippen molar-refractivity contribution in [3.63, 3.8) is 0 Å². The maximum atomic E-state index is 6.44. The maximum Gasteiger partial charge on any atom is 0.143 e. The van der Waals surface area contributed by atoms with E-state index in [-0.39, 0.29) is 0 Å². The molecule has 1 aromatic heterocycles. The standard InChI is InChI=1S/C50H39NO/c1-2-14-35(15-3-1)41-21-10-17-37-18-11-23-45(49(37)41)43-19-6-8-25-47(43)51(40-32-27-34-13-4-5-16-38(34)33-40)39-30-28-36(29-31-39)42-22-12-24-46-44-20-7-9-26-48(44)52-50(42)46/h4-13,16-33,35H,1-3,14-15H2. The SMILES string of the molecule is c1ccc(N(c2ccc(-c3cccc4c3oc3ccccc34)cc2)c2ccc3ccccc3c2)c(-c2cccc3cccc(C4CCCCC4)c23)c1. The van der Waals surface area contributed by atoms with Crippen molar-refractivity contribution in [3.8, 4) is 22.3 Å². The van der Waals surface area contributed by atoms with Crippen LogP contribution in [-0.2, 0) is 0 Å². The number of nitrogens with zero attached hydrogens (tertiary/aromatic N) is 1. The molecule has 0 saturated heterocycles. The van der Waals surface area contributed by atoms with Gasteiger partial charge in [-0.05, 0) is 93.4 Å². The molecular formula is C50H39NO. The van der Waals surface area contributed by atoms with Crippen LogP contribution >= 0.6 is 0 Å². The van der Waals surface area contributed by atoms with Gasteiger partial charge in [0.2, 0.25) is 0 Å². The molecule has 9 aromatic rings. The Bertz CT molecular complexity index is 2720. The lowest BCUT2D eigenvalue weighted by atomic mass is 9.80. The third-order valence-corrected chi connectivity index (χ3v) is 11.2. The highest BCUT2D eigenvalue weighted by molar-refractivity contribution is 6.10. The van der Waals surface area contributed by atoms with Gasteiger partial charge in [0.1, 0.15) is 11.2 Å². The van der Waals surface area contributed by atoms with Crippen LogP contribution in [0, 0.1) is 0 Å². The van der Waals surface area contributed by atoms with Crippen molar-refractivity contribution in [1.82, 2.24) is 0 Å². The number of furan rings is 1. The van der Waals surface area contributed by atoms with E-state index in [2.05, 4.69) is 169 Å². The Morgan fingerprint density at radius 3 is 2.00 bits per heavy atom. The van der Waals surface area contributed by atoms with Crippen LogP contribution in [0.25, 0.3) is 65.7 Å². The van der Waals surface area contributed by atoms with Gasteiger partial charge >= 0.3 is 0 Å². The van der Waals surface area contributed by atoms with Crippen LogP contribution in [0.4, 0.5) is 17.1 Å². The second kappa shape index (κ2) is 12.9. The summed E-state index contributed by atoms with van der Waals surface area (Å²) in [5.41, 5.74) is 11.5. The highest BCUT2D eigenvalue weighted by Gasteiger charge is 2.23. The van der Waals surface area contributed by atoms with Crippen molar-refractivity contribution in [2.24, 2.45) is 0 Å². The molecule has 0 amide bonds. The minimum absolute atomic E-state index is 0.603. The van der Waals surface area contributed by atoms with Gasteiger partial charge in [0.25, 0.3) is 0 Å². The van der Waals surface area contributed by atoms with Crippen molar-refractivity contribution >= 4 is 60.5 Å². The van der Waals surface area contributed by atoms with E-state index in [9.17, 15) is 0 Å². The quantitative estimate of drug-likeness (QED) is 0.175. The van der Waals surface area contributed by atoms with Gasteiger partial charge in [-0.25, -0.2) is 0 Å². The summed E-state index contributed by atoms with van der Waals surface area (Å²) in [6.07, 6.45) is 6.52. The number of para-hydroxylation sites is 3. The first-order valence-corrected chi connectivity index (χ1v) is 18.7. The monoisotopic (exact) mass is 669 g/mol. The molecule has 250 valence electrons. The molecule has 0 radical (unpaired) electrons. The minimum atomic E-state index is 0.603. The molecule has 0 bridgehead atoms. The number of rotatable bonds is 6. The molecule has 1 aliphatic carbocycles. The molecule has 2 nitrogen and oxygen atoms in total. The lowest BCUT2D eigenvalue weighted by Crippen LogP contribution is -2.11. The summed E-state index contributed by atoms with van der Waals surface area (Å²) < 4.78 is 6.44. The van der Waals surface area contributed by atoms with Gasteiger partial charge in [-0.3, -0.25) is 0 Å². The van der Waals surface area contributed by atoms with E-state index in [0.717, 1.165) is 50.1 Å². The number of hydrogen-bond donors (Lipinski definition) is 0. The first-order chi connectivity index (χ1) is 25.8. The molecule has 52 heavy (non-hydrogen) atoms. The van der Waals surface area contributed by atoms with E-state index in [1.165, 1.54) is 70.3 Å². The molecule has 0 spiro atoms. The number of benzene rings is 8. The molecule has 0 unspecified atom stereocenters. The van der Waals surface area contributed by atoms with E-state index in [1.807, 2.05) is 6.07 Å². The normalized spacial score (nSPS) is 13.7.